The minimum absolute atomic E-state index is 0.0549. The van der Waals surface area contributed by atoms with Crippen LogP contribution in [0.5, 0.6) is 0 Å². The zero-order valence-electron chi connectivity index (χ0n) is 12.9. The molecule has 0 unspecified atom stereocenters. The van der Waals surface area contributed by atoms with E-state index in [0.717, 1.165) is 24.8 Å². The van der Waals surface area contributed by atoms with Crippen LogP contribution in [0.25, 0.3) is 5.65 Å². The number of fused-ring (bicyclic) bond motifs is 1. The van der Waals surface area contributed by atoms with Crippen molar-refractivity contribution in [2.45, 2.75) is 32.2 Å². The van der Waals surface area contributed by atoms with Crippen LogP contribution < -0.4 is 5.32 Å². The molecule has 0 spiro atoms. The van der Waals surface area contributed by atoms with Crippen LogP contribution >= 0.6 is 0 Å². The van der Waals surface area contributed by atoms with Crippen molar-refractivity contribution in [2.75, 3.05) is 0 Å². The number of aromatic nitrogens is 5. The normalized spacial score (nSPS) is 12.2. The largest absolute Gasteiger partial charge is 0.345 e. The standard InChI is InChI=1S/C16H18N6O/c1-2-3-6-14(12-5-4-9-17-10-12)18-16(23)13-7-8-15-19-20-21-22(15)11-13/h4-5,7-11,14H,2-3,6H2,1H3,(H,18,23)/t14-/m1/s1. The first kappa shape index (κ1) is 15.1. The number of rotatable bonds is 6. The Morgan fingerprint density at radius 2 is 2.26 bits per heavy atom. The average molecular weight is 310 g/mol. The van der Waals surface area contributed by atoms with E-state index in [1.165, 1.54) is 4.52 Å². The molecular formula is C16H18N6O. The van der Waals surface area contributed by atoms with E-state index in [9.17, 15) is 4.79 Å². The Labute approximate surface area is 133 Å². The number of amides is 1. The molecular weight excluding hydrogens is 292 g/mol. The Kier molecular flexibility index (Phi) is 4.56. The van der Waals surface area contributed by atoms with Crippen molar-refractivity contribution in [2.24, 2.45) is 0 Å². The molecule has 7 nitrogen and oxygen atoms in total. The third-order valence-electron chi connectivity index (χ3n) is 3.69. The third kappa shape index (κ3) is 3.50. The number of nitrogens with zero attached hydrogens (tertiary/aromatic N) is 5. The van der Waals surface area contributed by atoms with Gasteiger partial charge in [0.1, 0.15) is 0 Å². The fourth-order valence-electron chi connectivity index (χ4n) is 2.43. The highest BCUT2D eigenvalue weighted by Crippen LogP contribution is 2.19. The molecule has 0 fully saturated rings. The molecule has 0 saturated heterocycles. The molecule has 3 aromatic rings. The summed E-state index contributed by atoms with van der Waals surface area (Å²) in [6.07, 6.45) is 8.14. The average Bonchev–Trinajstić information content (AvgIpc) is 3.06. The molecule has 0 aliphatic carbocycles. The highest BCUT2D eigenvalue weighted by molar-refractivity contribution is 5.94. The number of nitrogens with one attached hydrogen (secondary N) is 1. The van der Waals surface area contributed by atoms with Crippen molar-refractivity contribution in [3.05, 3.63) is 54.0 Å². The van der Waals surface area contributed by atoms with E-state index in [0.29, 0.717) is 11.2 Å². The summed E-state index contributed by atoms with van der Waals surface area (Å²) in [6.45, 7) is 2.13. The van der Waals surface area contributed by atoms with E-state index < -0.39 is 0 Å². The van der Waals surface area contributed by atoms with Crippen LogP contribution in [-0.2, 0) is 0 Å². The van der Waals surface area contributed by atoms with E-state index in [-0.39, 0.29) is 11.9 Å². The summed E-state index contributed by atoms with van der Waals surface area (Å²) in [4.78, 5) is 16.7. The molecule has 0 aromatic carbocycles. The van der Waals surface area contributed by atoms with Gasteiger partial charge in [-0.1, -0.05) is 25.8 Å². The number of carbonyl (C=O) groups excluding carboxylic acids is 1. The fraction of sp³-hybridized carbons (Fsp3) is 0.312. The van der Waals surface area contributed by atoms with Gasteiger partial charge in [-0.25, -0.2) is 0 Å². The van der Waals surface area contributed by atoms with Crippen LogP contribution in [0.3, 0.4) is 0 Å². The SMILES string of the molecule is CCCC[C@@H](NC(=O)c1ccc2nnnn2c1)c1cccnc1. The van der Waals surface area contributed by atoms with Crippen molar-refractivity contribution < 1.29 is 4.79 Å². The van der Waals surface area contributed by atoms with Crippen LogP contribution in [0.4, 0.5) is 0 Å². The molecule has 1 amide bonds. The number of hydrogen-bond acceptors (Lipinski definition) is 5. The van der Waals surface area contributed by atoms with Gasteiger partial charge in [0.2, 0.25) is 0 Å². The van der Waals surface area contributed by atoms with Gasteiger partial charge >= 0.3 is 0 Å². The predicted octanol–water partition coefficient (Wildman–Crippen LogP) is 2.18. The molecule has 0 saturated carbocycles. The summed E-state index contributed by atoms with van der Waals surface area (Å²) in [5, 5.41) is 14.3. The molecule has 3 rings (SSSR count). The Morgan fingerprint density at radius 3 is 3.04 bits per heavy atom. The molecule has 0 bridgehead atoms. The van der Waals surface area contributed by atoms with Gasteiger partial charge in [0.15, 0.2) is 5.65 Å². The van der Waals surface area contributed by atoms with Crippen molar-refractivity contribution in [1.82, 2.24) is 30.3 Å². The highest BCUT2D eigenvalue weighted by Gasteiger charge is 2.16. The molecule has 0 aliphatic rings. The fourth-order valence-corrected chi connectivity index (χ4v) is 2.43. The molecule has 3 heterocycles. The van der Waals surface area contributed by atoms with Crippen molar-refractivity contribution in [3.8, 4) is 0 Å². The molecule has 7 heteroatoms. The smallest absolute Gasteiger partial charge is 0.253 e. The van der Waals surface area contributed by atoms with Crippen molar-refractivity contribution in [1.29, 1.82) is 0 Å². The maximum atomic E-state index is 12.5. The second kappa shape index (κ2) is 6.95. The number of pyridine rings is 2. The summed E-state index contributed by atoms with van der Waals surface area (Å²) >= 11 is 0. The van der Waals surface area contributed by atoms with Crippen LogP contribution in [0.15, 0.2) is 42.9 Å². The lowest BCUT2D eigenvalue weighted by atomic mass is 10.0. The van der Waals surface area contributed by atoms with E-state index in [1.807, 2.05) is 12.1 Å². The second-order valence-corrected chi connectivity index (χ2v) is 5.35. The lowest BCUT2D eigenvalue weighted by Crippen LogP contribution is -2.29. The van der Waals surface area contributed by atoms with Gasteiger partial charge in [-0.2, -0.15) is 4.52 Å². The van der Waals surface area contributed by atoms with Crippen LogP contribution in [-0.4, -0.2) is 30.9 Å². The van der Waals surface area contributed by atoms with Crippen LogP contribution in [0.1, 0.15) is 48.1 Å². The van der Waals surface area contributed by atoms with Gasteiger partial charge in [0.25, 0.3) is 5.91 Å². The predicted molar refractivity (Wildman–Crippen MR) is 84.8 cm³/mol. The zero-order chi connectivity index (χ0) is 16.1. The van der Waals surface area contributed by atoms with E-state index in [4.69, 9.17) is 0 Å². The quantitative estimate of drug-likeness (QED) is 0.754. The summed E-state index contributed by atoms with van der Waals surface area (Å²) in [5.74, 6) is -0.146. The molecule has 0 radical (unpaired) electrons. The van der Waals surface area contributed by atoms with Gasteiger partial charge in [0, 0.05) is 18.6 Å². The minimum atomic E-state index is -0.146. The van der Waals surface area contributed by atoms with Crippen LogP contribution in [0.2, 0.25) is 0 Å². The lowest BCUT2D eigenvalue weighted by Gasteiger charge is -2.18. The molecule has 3 aromatic heterocycles. The summed E-state index contributed by atoms with van der Waals surface area (Å²) < 4.78 is 1.49. The first-order valence-electron chi connectivity index (χ1n) is 7.66. The maximum Gasteiger partial charge on any atom is 0.253 e. The van der Waals surface area contributed by atoms with Gasteiger partial charge < -0.3 is 5.32 Å². The number of unbranched alkanes of at least 4 members (excludes halogenated alkanes) is 1. The number of carbonyl (C=O) groups is 1. The Bertz CT molecular complexity index is 785. The number of hydrogen-bond donors (Lipinski definition) is 1. The summed E-state index contributed by atoms with van der Waals surface area (Å²) in [7, 11) is 0. The monoisotopic (exact) mass is 310 g/mol. The first-order chi connectivity index (χ1) is 11.3. The van der Waals surface area contributed by atoms with Crippen molar-refractivity contribution in [3.63, 3.8) is 0 Å². The summed E-state index contributed by atoms with van der Waals surface area (Å²) in [6, 6.07) is 7.26. The molecule has 1 atom stereocenters. The van der Waals surface area contributed by atoms with Crippen LogP contribution in [0, 0.1) is 0 Å². The lowest BCUT2D eigenvalue weighted by molar-refractivity contribution is 0.0933. The Morgan fingerprint density at radius 1 is 1.35 bits per heavy atom. The minimum Gasteiger partial charge on any atom is -0.345 e. The van der Waals surface area contributed by atoms with Gasteiger partial charge in [0.05, 0.1) is 11.6 Å². The number of tetrazole rings is 1. The molecule has 23 heavy (non-hydrogen) atoms. The van der Waals surface area contributed by atoms with Gasteiger partial charge in [-0.3, -0.25) is 9.78 Å². The van der Waals surface area contributed by atoms with Gasteiger partial charge in [-0.05, 0) is 40.6 Å². The topological polar surface area (TPSA) is 85.1 Å². The second-order valence-electron chi connectivity index (χ2n) is 5.35. The van der Waals surface area contributed by atoms with Gasteiger partial charge in [-0.15, -0.1) is 5.10 Å². The van der Waals surface area contributed by atoms with E-state index in [1.54, 1.807) is 30.7 Å². The summed E-state index contributed by atoms with van der Waals surface area (Å²) in [5.41, 5.74) is 2.14. The maximum absolute atomic E-state index is 12.5. The van der Waals surface area contributed by atoms with Crippen molar-refractivity contribution >= 4 is 11.6 Å². The molecule has 0 aliphatic heterocycles. The van der Waals surface area contributed by atoms with E-state index >= 15 is 0 Å². The molecule has 1 N–H and O–H groups in total. The zero-order valence-corrected chi connectivity index (χ0v) is 12.9. The third-order valence-corrected chi connectivity index (χ3v) is 3.69. The molecule has 118 valence electrons. The first-order valence-corrected chi connectivity index (χ1v) is 7.66. The highest BCUT2D eigenvalue weighted by atomic mass is 16.1. The van der Waals surface area contributed by atoms with E-state index in [2.05, 4.69) is 32.7 Å². The Balaban J connectivity index is 1.79. The Hall–Kier alpha value is -2.83.